The molecule has 0 aliphatic heterocycles. The molecule has 0 aromatic rings. The van der Waals surface area contributed by atoms with Gasteiger partial charge in [-0.25, -0.2) is 0 Å². The van der Waals surface area contributed by atoms with Crippen LogP contribution in [0.3, 0.4) is 0 Å². The Morgan fingerprint density at radius 2 is 1.64 bits per heavy atom. The maximum atomic E-state index is 7.02. The van der Waals surface area contributed by atoms with Crippen LogP contribution in [0, 0.1) is 5.41 Å². The molecule has 0 heterocycles. The highest BCUT2D eigenvalue weighted by atomic mass is 14.8. The minimum absolute atomic E-state index is 0.0226. The van der Waals surface area contributed by atoms with Gasteiger partial charge in [0.05, 0.1) is 11.4 Å². The highest BCUT2D eigenvalue weighted by Gasteiger charge is 1.95. The highest BCUT2D eigenvalue weighted by Crippen LogP contribution is 1.98. The van der Waals surface area contributed by atoms with E-state index in [1.54, 1.807) is 20.8 Å². The van der Waals surface area contributed by atoms with Crippen LogP contribution in [0.4, 0.5) is 0 Å². The van der Waals surface area contributed by atoms with Crippen molar-refractivity contribution in [2.45, 2.75) is 20.8 Å². The molecule has 5 N–H and O–H groups in total. The zero-order valence-corrected chi connectivity index (χ0v) is 7.10. The van der Waals surface area contributed by atoms with Gasteiger partial charge in [0.2, 0.25) is 0 Å². The van der Waals surface area contributed by atoms with Gasteiger partial charge in [-0.2, -0.15) is 0 Å². The smallest absolute Gasteiger partial charge is 0.137 e. The number of hydrogen-bond donors (Lipinski definition) is 3. The minimum atomic E-state index is -0.0226. The molecule has 0 aromatic heterocycles. The van der Waals surface area contributed by atoms with Gasteiger partial charge in [0.15, 0.2) is 0 Å². The van der Waals surface area contributed by atoms with E-state index in [1.165, 1.54) is 0 Å². The van der Waals surface area contributed by atoms with Crippen molar-refractivity contribution >= 4 is 11.5 Å². The van der Waals surface area contributed by atoms with Crippen LogP contribution in [-0.2, 0) is 0 Å². The quantitative estimate of drug-likeness (QED) is 0.401. The van der Waals surface area contributed by atoms with Gasteiger partial charge in [-0.1, -0.05) is 0 Å². The van der Waals surface area contributed by atoms with Gasteiger partial charge in [0.1, 0.15) is 5.84 Å². The lowest BCUT2D eigenvalue weighted by atomic mass is 10.3. The van der Waals surface area contributed by atoms with Crippen LogP contribution in [0.5, 0.6) is 0 Å². The van der Waals surface area contributed by atoms with Crippen molar-refractivity contribution in [3.05, 3.63) is 11.4 Å². The second-order valence-electron chi connectivity index (χ2n) is 2.38. The van der Waals surface area contributed by atoms with Gasteiger partial charge >= 0.3 is 0 Å². The molecule has 0 aliphatic carbocycles. The summed E-state index contributed by atoms with van der Waals surface area (Å²) < 4.78 is 0. The Balaban J connectivity index is 4.58. The molecule has 0 radical (unpaired) electrons. The van der Waals surface area contributed by atoms with E-state index in [0.29, 0.717) is 17.1 Å². The summed E-state index contributed by atoms with van der Waals surface area (Å²) in [7, 11) is 0. The summed E-state index contributed by atoms with van der Waals surface area (Å²) in [6, 6.07) is 0. The first-order valence-corrected chi connectivity index (χ1v) is 3.27. The van der Waals surface area contributed by atoms with Crippen LogP contribution in [0.15, 0.2) is 16.4 Å². The number of nitrogens with one attached hydrogen (secondary N) is 1. The first kappa shape index (κ1) is 9.68. The van der Waals surface area contributed by atoms with Crippen molar-refractivity contribution in [1.82, 2.24) is 0 Å². The lowest BCUT2D eigenvalue weighted by Gasteiger charge is -1.98. The Kier molecular flexibility index (Phi) is 3.30. The Hall–Kier alpha value is -1.32. The van der Waals surface area contributed by atoms with E-state index in [-0.39, 0.29) is 5.84 Å². The maximum Gasteiger partial charge on any atom is 0.137 e. The van der Waals surface area contributed by atoms with E-state index < -0.39 is 0 Å². The fourth-order valence-electron chi connectivity index (χ4n) is 0.400. The van der Waals surface area contributed by atoms with E-state index in [9.17, 15) is 0 Å². The molecular weight excluding hydrogens is 140 g/mol. The van der Waals surface area contributed by atoms with Crippen LogP contribution in [0.1, 0.15) is 20.8 Å². The van der Waals surface area contributed by atoms with Crippen molar-refractivity contribution < 1.29 is 0 Å². The fourth-order valence-corrected chi connectivity index (χ4v) is 0.400. The Morgan fingerprint density at radius 1 is 1.18 bits per heavy atom. The molecule has 62 valence electrons. The van der Waals surface area contributed by atoms with Gasteiger partial charge in [-0.15, -0.1) is 0 Å². The van der Waals surface area contributed by atoms with E-state index >= 15 is 0 Å². The molecule has 0 unspecified atom stereocenters. The van der Waals surface area contributed by atoms with E-state index in [2.05, 4.69) is 4.99 Å². The summed E-state index contributed by atoms with van der Waals surface area (Å²) in [5.74, 6) is -0.0226. The number of rotatable bonds is 2. The molecule has 0 spiro atoms. The van der Waals surface area contributed by atoms with Crippen LogP contribution in [0.25, 0.3) is 0 Å². The van der Waals surface area contributed by atoms with E-state index in [1.807, 2.05) is 0 Å². The van der Waals surface area contributed by atoms with Gasteiger partial charge in [0.25, 0.3) is 0 Å². The lowest BCUT2D eigenvalue weighted by Crippen LogP contribution is -2.19. The fraction of sp³-hybridized carbons (Fsp3) is 0.429. The summed E-state index contributed by atoms with van der Waals surface area (Å²) in [4.78, 5) is 4.00. The zero-order valence-electron chi connectivity index (χ0n) is 7.10. The van der Waals surface area contributed by atoms with Crippen LogP contribution in [0.2, 0.25) is 0 Å². The molecule has 0 saturated carbocycles. The first-order valence-electron chi connectivity index (χ1n) is 3.27. The number of allylic oxidation sites excluding steroid dienone is 2. The Labute approximate surface area is 66.5 Å². The third kappa shape index (κ3) is 3.40. The predicted octanol–water partition coefficient (Wildman–Crippen LogP) is 0.593. The summed E-state index contributed by atoms with van der Waals surface area (Å²) in [6.45, 7) is 5.21. The molecule has 0 atom stereocenters. The molecule has 0 amide bonds. The standard InChI is InChI=1S/C7H14N4/c1-4(8)5(2)11-6(3)7(9)10/h8H2,1-3H3,(H3,9,10)/b5-4+,11-6?. The highest BCUT2D eigenvalue weighted by molar-refractivity contribution is 6.38. The van der Waals surface area contributed by atoms with E-state index in [4.69, 9.17) is 16.9 Å². The molecule has 0 aliphatic rings. The third-order valence-electron chi connectivity index (χ3n) is 1.30. The van der Waals surface area contributed by atoms with Gasteiger partial charge < -0.3 is 11.5 Å². The SMILES string of the molecule is CC(=N/C(C)=C(\C)N)C(=N)N. The van der Waals surface area contributed by atoms with Crippen LogP contribution in [-0.4, -0.2) is 11.5 Å². The molecule has 4 heteroatoms. The summed E-state index contributed by atoms with van der Waals surface area (Å²) >= 11 is 0. The van der Waals surface area contributed by atoms with Crippen molar-refractivity contribution in [3.8, 4) is 0 Å². The van der Waals surface area contributed by atoms with Crippen molar-refractivity contribution in [1.29, 1.82) is 5.41 Å². The lowest BCUT2D eigenvalue weighted by molar-refractivity contribution is 1.15. The van der Waals surface area contributed by atoms with Crippen molar-refractivity contribution in [3.63, 3.8) is 0 Å². The average molecular weight is 154 g/mol. The summed E-state index contributed by atoms with van der Waals surface area (Å²) in [6.07, 6.45) is 0. The Bertz CT molecular complexity index is 221. The van der Waals surface area contributed by atoms with Crippen LogP contribution < -0.4 is 11.5 Å². The maximum absolute atomic E-state index is 7.02. The summed E-state index contributed by atoms with van der Waals surface area (Å²) in [5, 5.41) is 7.02. The molecule has 0 bridgehead atoms. The Morgan fingerprint density at radius 3 is 1.91 bits per heavy atom. The van der Waals surface area contributed by atoms with Crippen LogP contribution >= 0.6 is 0 Å². The van der Waals surface area contributed by atoms with Crippen molar-refractivity contribution in [2.75, 3.05) is 0 Å². The second kappa shape index (κ2) is 3.75. The molecular formula is C7H14N4. The second-order valence-corrected chi connectivity index (χ2v) is 2.38. The zero-order chi connectivity index (χ0) is 9.02. The predicted molar refractivity (Wildman–Crippen MR) is 47.6 cm³/mol. The monoisotopic (exact) mass is 154 g/mol. The van der Waals surface area contributed by atoms with Gasteiger partial charge in [0, 0.05) is 5.70 Å². The largest absolute Gasteiger partial charge is 0.401 e. The minimum Gasteiger partial charge on any atom is -0.401 e. The molecule has 4 nitrogen and oxygen atoms in total. The topological polar surface area (TPSA) is 88.2 Å². The first-order chi connectivity index (χ1) is 4.95. The third-order valence-corrected chi connectivity index (χ3v) is 1.30. The number of hydrogen-bond acceptors (Lipinski definition) is 3. The molecule has 0 rings (SSSR count). The van der Waals surface area contributed by atoms with E-state index in [0.717, 1.165) is 0 Å². The number of amidine groups is 1. The van der Waals surface area contributed by atoms with Gasteiger partial charge in [-0.05, 0) is 20.8 Å². The normalized spacial score (nSPS) is 14.3. The molecule has 0 aromatic carbocycles. The molecule has 0 saturated heterocycles. The average Bonchev–Trinajstić information content (AvgIpc) is 1.87. The summed E-state index contributed by atoms with van der Waals surface area (Å²) in [5.41, 5.74) is 12.5. The van der Waals surface area contributed by atoms with Gasteiger partial charge in [-0.3, -0.25) is 10.4 Å². The number of nitrogens with zero attached hydrogens (tertiary/aromatic N) is 1. The number of aliphatic imine (C=N–C) groups is 1. The molecule has 0 fully saturated rings. The number of nitrogens with two attached hydrogens (primary N) is 2. The molecule has 11 heavy (non-hydrogen) atoms. The van der Waals surface area contributed by atoms with Crippen molar-refractivity contribution in [2.24, 2.45) is 16.5 Å².